The van der Waals surface area contributed by atoms with Crippen molar-refractivity contribution in [2.45, 2.75) is 18.9 Å². The second-order valence-electron chi connectivity index (χ2n) is 4.52. The molecule has 1 atom stereocenters. The molecule has 0 bridgehead atoms. The van der Waals surface area contributed by atoms with Gasteiger partial charge < -0.3 is 9.84 Å². The summed E-state index contributed by atoms with van der Waals surface area (Å²) in [5, 5.41) is 13.2. The lowest BCUT2D eigenvalue weighted by atomic mass is 10.2. The monoisotopic (exact) mass is 259 g/mol. The quantitative estimate of drug-likeness (QED) is 0.880. The maximum atomic E-state index is 11.1. The summed E-state index contributed by atoms with van der Waals surface area (Å²) in [4.78, 5) is 15.1. The number of benzene rings is 1. The molecule has 1 unspecified atom stereocenters. The van der Waals surface area contributed by atoms with Crippen molar-refractivity contribution < 1.29 is 14.6 Å². The summed E-state index contributed by atoms with van der Waals surface area (Å²) >= 11 is 0. The molecule has 6 heteroatoms. The SMILES string of the molecule is O=C(O)C(Oc1ncn(-c2ccccc2)n1)C1CC1. The van der Waals surface area contributed by atoms with Gasteiger partial charge in [0.05, 0.1) is 5.69 Å². The lowest BCUT2D eigenvalue weighted by Crippen LogP contribution is -2.29. The Balaban J connectivity index is 1.76. The van der Waals surface area contributed by atoms with Gasteiger partial charge in [-0.15, -0.1) is 5.10 Å². The molecule has 0 radical (unpaired) electrons. The first-order chi connectivity index (χ1) is 9.24. The summed E-state index contributed by atoms with van der Waals surface area (Å²) in [5.41, 5.74) is 0.850. The molecule has 1 N–H and O–H groups in total. The van der Waals surface area contributed by atoms with Crippen LogP contribution in [0, 0.1) is 5.92 Å². The van der Waals surface area contributed by atoms with Gasteiger partial charge in [-0.25, -0.2) is 9.48 Å². The number of hydrogen-bond acceptors (Lipinski definition) is 4. The first kappa shape index (κ1) is 11.7. The average molecular weight is 259 g/mol. The Bertz CT molecular complexity index is 578. The third kappa shape index (κ3) is 2.57. The Morgan fingerprint density at radius 1 is 1.37 bits per heavy atom. The number of aliphatic carboxylic acids is 1. The van der Waals surface area contributed by atoms with Crippen LogP contribution in [0.25, 0.3) is 5.69 Å². The Kier molecular flexibility index (Phi) is 2.91. The lowest BCUT2D eigenvalue weighted by Gasteiger charge is -2.10. The van der Waals surface area contributed by atoms with Crippen molar-refractivity contribution in [3.63, 3.8) is 0 Å². The number of carboxylic acid groups (broad SMARTS) is 1. The smallest absolute Gasteiger partial charge is 0.345 e. The number of carbonyl (C=O) groups is 1. The van der Waals surface area contributed by atoms with Crippen molar-refractivity contribution in [2.75, 3.05) is 0 Å². The highest BCUT2D eigenvalue weighted by molar-refractivity contribution is 5.73. The van der Waals surface area contributed by atoms with Crippen LogP contribution < -0.4 is 4.74 Å². The van der Waals surface area contributed by atoms with E-state index in [1.807, 2.05) is 30.3 Å². The number of nitrogens with zero attached hydrogens (tertiary/aromatic N) is 3. The zero-order valence-electron chi connectivity index (χ0n) is 10.1. The highest BCUT2D eigenvalue weighted by atomic mass is 16.5. The van der Waals surface area contributed by atoms with Crippen LogP contribution in [0.1, 0.15) is 12.8 Å². The number of rotatable bonds is 5. The van der Waals surface area contributed by atoms with Gasteiger partial charge in [-0.05, 0) is 25.0 Å². The number of carboxylic acids is 1. The van der Waals surface area contributed by atoms with Gasteiger partial charge in [0.25, 0.3) is 0 Å². The predicted molar refractivity (Wildman–Crippen MR) is 66.1 cm³/mol. The molecule has 98 valence electrons. The van der Waals surface area contributed by atoms with E-state index in [1.165, 1.54) is 6.33 Å². The summed E-state index contributed by atoms with van der Waals surface area (Å²) in [6.45, 7) is 0. The van der Waals surface area contributed by atoms with Gasteiger partial charge in [0.2, 0.25) is 6.10 Å². The van der Waals surface area contributed by atoms with Gasteiger partial charge >= 0.3 is 12.0 Å². The van der Waals surface area contributed by atoms with E-state index in [2.05, 4.69) is 10.1 Å². The molecular formula is C13H13N3O3. The molecule has 1 aliphatic rings. The van der Waals surface area contributed by atoms with Crippen LogP contribution in [0.2, 0.25) is 0 Å². The summed E-state index contributed by atoms with van der Waals surface area (Å²) in [6.07, 6.45) is 2.44. The fourth-order valence-corrected chi connectivity index (χ4v) is 1.87. The minimum Gasteiger partial charge on any atom is -0.478 e. The molecule has 0 saturated heterocycles. The Hall–Kier alpha value is -2.37. The van der Waals surface area contributed by atoms with Gasteiger partial charge in [0.15, 0.2) is 0 Å². The zero-order chi connectivity index (χ0) is 13.2. The molecule has 1 aliphatic carbocycles. The maximum Gasteiger partial charge on any atom is 0.345 e. The van der Waals surface area contributed by atoms with Crippen LogP contribution >= 0.6 is 0 Å². The van der Waals surface area contributed by atoms with Crippen molar-refractivity contribution >= 4 is 5.97 Å². The van der Waals surface area contributed by atoms with E-state index >= 15 is 0 Å². The molecule has 19 heavy (non-hydrogen) atoms. The van der Waals surface area contributed by atoms with Crippen LogP contribution in [0.5, 0.6) is 6.01 Å². The standard InChI is InChI=1S/C13H13N3O3/c17-12(18)11(9-6-7-9)19-13-14-8-16(15-13)10-4-2-1-3-5-10/h1-5,8-9,11H,6-7H2,(H,17,18). The Labute approximate surface area is 109 Å². The van der Waals surface area contributed by atoms with Crippen LogP contribution in [-0.4, -0.2) is 31.9 Å². The highest BCUT2D eigenvalue weighted by Crippen LogP contribution is 2.34. The molecule has 0 spiro atoms. The number of para-hydroxylation sites is 1. The molecule has 6 nitrogen and oxygen atoms in total. The van der Waals surface area contributed by atoms with Crippen molar-refractivity contribution in [3.05, 3.63) is 36.7 Å². The Morgan fingerprint density at radius 2 is 2.11 bits per heavy atom. The van der Waals surface area contributed by atoms with Gasteiger partial charge in [-0.2, -0.15) is 4.98 Å². The molecule has 1 heterocycles. The van der Waals surface area contributed by atoms with Gasteiger partial charge in [-0.1, -0.05) is 18.2 Å². The molecule has 1 saturated carbocycles. The maximum absolute atomic E-state index is 11.1. The van der Waals surface area contributed by atoms with Crippen molar-refractivity contribution in [2.24, 2.45) is 5.92 Å². The first-order valence-electron chi connectivity index (χ1n) is 6.10. The topological polar surface area (TPSA) is 77.2 Å². The van der Waals surface area contributed by atoms with Crippen LogP contribution in [-0.2, 0) is 4.79 Å². The van der Waals surface area contributed by atoms with Crippen molar-refractivity contribution in [1.29, 1.82) is 0 Å². The summed E-state index contributed by atoms with van der Waals surface area (Å²) in [7, 11) is 0. The molecule has 1 aromatic heterocycles. The van der Waals surface area contributed by atoms with Gasteiger partial charge in [-0.3, -0.25) is 0 Å². The normalized spacial score (nSPS) is 16.0. The van der Waals surface area contributed by atoms with E-state index in [0.29, 0.717) is 0 Å². The van der Waals surface area contributed by atoms with E-state index in [9.17, 15) is 4.79 Å². The second kappa shape index (κ2) is 4.72. The second-order valence-corrected chi connectivity index (χ2v) is 4.52. The van der Waals surface area contributed by atoms with E-state index in [1.54, 1.807) is 4.68 Å². The van der Waals surface area contributed by atoms with Crippen LogP contribution in [0.4, 0.5) is 0 Å². The fraction of sp³-hybridized carbons (Fsp3) is 0.308. The third-order valence-corrected chi connectivity index (χ3v) is 3.02. The van der Waals surface area contributed by atoms with Crippen molar-refractivity contribution in [3.8, 4) is 11.7 Å². The molecule has 3 rings (SSSR count). The highest BCUT2D eigenvalue weighted by Gasteiger charge is 2.38. The minimum absolute atomic E-state index is 0.0844. The fourth-order valence-electron chi connectivity index (χ4n) is 1.87. The van der Waals surface area contributed by atoms with Gasteiger partial charge in [0, 0.05) is 5.92 Å². The molecule has 2 aromatic rings. The minimum atomic E-state index is -0.960. The summed E-state index contributed by atoms with van der Waals surface area (Å²) in [6, 6.07) is 9.56. The largest absolute Gasteiger partial charge is 0.478 e. The first-order valence-corrected chi connectivity index (χ1v) is 6.10. The van der Waals surface area contributed by atoms with E-state index in [4.69, 9.17) is 9.84 Å². The molecule has 1 aromatic carbocycles. The number of ether oxygens (including phenoxy) is 1. The van der Waals surface area contributed by atoms with Gasteiger partial charge in [0.1, 0.15) is 6.33 Å². The average Bonchev–Trinajstić information content (AvgIpc) is 3.15. The van der Waals surface area contributed by atoms with Crippen molar-refractivity contribution in [1.82, 2.24) is 14.8 Å². The molecule has 0 amide bonds. The lowest BCUT2D eigenvalue weighted by molar-refractivity contribution is -0.146. The third-order valence-electron chi connectivity index (χ3n) is 3.02. The predicted octanol–water partition coefficient (Wildman–Crippen LogP) is 1.51. The van der Waals surface area contributed by atoms with E-state index in [0.717, 1.165) is 18.5 Å². The van der Waals surface area contributed by atoms with E-state index in [-0.39, 0.29) is 11.9 Å². The van der Waals surface area contributed by atoms with Crippen LogP contribution in [0.15, 0.2) is 36.7 Å². The number of aromatic nitrogens is 3. The zero-order valence-corrected chi connectivity index (χ0v) is 10.1. The Morgan fingerprint density at radius 3 is 2.74 bits per heavy atom. The molecule has 0 aliphatic heterocycles. The van der Waals surface area contributed by atoms with Crippen LogP contribution in [0.3, 0.4) is 0 Å². The molecular weight excluding hydrogens is 246 g/mol. The number of hydrogen-bond donors (Lipinski definition) is 1. The summed E-state index contributed by atoms with van der Waals surface area (Å²) in [5.74, 6) is -0.875. The summed E-state index contributed by atoms with van der Waals surface area (Å²) < 4.78 is 6.92. The van der Waals surface area contributed by atoms with E-state index < -0.39 is 12.1 Å². The molecule has 1 fully saturated rings.